The van der Waals surface area contributed by atoms with Gasteiger partial charge in [-0.2, -0.15) is 0 Å². The van der Waals surface area contributed by atoms with Gasteiger partial charge in [0.05, 0.1) is 29.0 Å². The summed E-state index contributed by atoms with van der Waals surface area (Å²) in [6.45, 7) is 0. The van der Waals surface area contributed by atoms with Crippen LogP contribution in [0.4, 0.5) is 11.4 Å². The summed E-state index contributed by atoms with van der Waals surface area (Å²) in [7, 11) is 1.33. The van der Waals surface area contributed by atoms with Crippen molar-refractivity contribution < 1.29 is 14.5 Å². The maximum Gasteiger partial charge on any atom is 0.337 e. The molecule has 2 aromatic rings. The molecule has 0 saturated heterocycles. The number of carbonyl (C=O) groups is 1. The van der Waals surface area contributed by atoms with E-state index in [9.17, 15) is 14.9 Å². The molecule has 0 aliphatic carbocycles. The van der Waals surface area contributed by atoms with E-state index in [0.717, 1.165) is 22.5 Å². The number of nitro groups is 1. The van der Waals surface area contributed by atoms with Crippen LogP contribution in [0.5, 0.6) is 0 Å². The lowest BCUT2D eigenvalue weighted by Crippen LogP contribution is -2.03. The second-order valence-corrected chi connectivity index (χ2v) is 5.40. The molecule has 0 saturated carbocycles. The van der Waals surface area contributed by atoms with Crippen molar-refractivity contribution in [1.29, 1.82) is 0 Å². The molecule has 0 amide bonds. The third-order valence-electron chi connectivity index (χ3n) is 3.59. The van der Waals surface area contributed by atoms with E-state index in [1.807, 2.05) is 0 Å². The largest absolute Gasteiger partial charge is 0.465 e. The number of rotatable bonds is 3. The first kappa shape index (κ1) is 15.2. The van der Waals surface area contributed by atoms with Crippen LogP contribution in [-0.4, -0.2) is 23.7 Å². The summed E-state index contributed by atoms with van der Waals surface area (Å²) in [6, 6.07) is 9.66. The smallest absolute Gasteiger partial charge is 0.337 e. The summed E-state index contributed by atoms with van der Waals surface area (Å²) in [6.07, 6.45) is 0.522. The molecule has 1 aliphatic rings. The fourth-order valence-corrected chi connectivity index (χ4v) is 2.70. The number of aliphatic imine (C=N–C) groups is 1. The van der Waals surface area contributed by atoms with E-state index in [1.165, 1.54) is 19.2 Å². The molecule has 116 valence electrons. The summed E-state index contributed by atoms with van der Waals surface area (Å²) in [5, 5.41) is 10.9. The van der Waals surface area contributed by atoms with Crippen LogP contribution in [0.15, 0.2) is 41.4 Å². The Bertz CT molecular complexity index is 861. The van der Waals surface area contributed by atoms with E-state index in [1.54, 1.807) is 24.3 Å². The van der Waals surface area contributed by atoms with Gasteiger partial charge in [-0.3, -0.25) is 15.1 Å². The number of hydrogen-bond acceptors (Lipinski definition) is 5. The minimum absolute atomic E-state index is 0.0707. The average molecular weight is 331 g/mol. The molecule has 0 radical (unpaired) electrons. The number of fused-ring (bicyclic) bond motifs is 1. The van der Waals surface area contributed by atoms with E-state index in [4.69, 9.17) is 16.3 Å². The Balaban J connectivity index is 1.91. The highest BCUT2D eigenvalue weighted by molar-refractivity contribution is 6.33. The SMILES string of the molecule is COC(=O)c1ccc2c(c1)CC(c1ccc([N+](=O)[O-])c(Cl)c1)=N2. The topological polar surface area (TPSA) is 81.8 Å². The standard InChI is InChI=1S/C16H11ClN2O4/c1-23-16(20)10-2-4-13-11(6-10)8-14(18-13)9-3-5-15(19(21)22)12(17)7-9/h2-7H,8H2,1H3. The monoisotopic (exact) mass is 330 g/mol. The molecule has 23 heavy (non-hydrogen) atoms. The number of nitro benzene ring substituents is 1. The van der Waals surface area contributed by atoms with Crippen molar-refractivity contribution in [2.45, 2.75) is 6.42 Å². The Kier molecular flexibility index (Phi) is 3.83. The lowest BCUT2D eigenvalue weighted by Gasteiger charge is -2.03. The fraction of sp³-hybridized carbons (Fsp3) is 0.125. The number of esters is 1. The molecule has 0 spiro atoms. The van der Waals surface area contributed by atoms with Crippen molar-refractivity contribution in [3.8, 4) is 0 Å². The van der Waals surface area contributed by atoms with E-state index < -0.39 is 10.9 Å². The number of nitrogens with zero attached hydrogens (tertiary/aromatic N) is 2. The maximum absolute atomic E-state index is 11.6. The summed E-state index contributed by atoms with van der Waals surface area (Å²) >= 11 is 5.94. The minimum atomic E-state index is -0.528. The van der Waals surface area contributed by atoms with Crippen molar-refractivity contribution in [3.63, 3.8) is 0 Å². The third kappa shape index (κ3) is 2.80. The van der Waals surface area contributed by atoms with Gasteiger partial charge in [0, 0.05) is 12.5 Å². The lowest BCUT2D eigenvalue weighted by atomic mass is 10.0. The van der Waals surface area contributed by atoms with Gasteiger partial charge in [0.25, 0.3) is 5.69 Å². The molecule has 1 aliphatic heterocycles. The van der Waals surface area contributed by atoms with Gasteiger partial charge in [0.1, 0.15) is 5.02 Å². The van der Waals surface area contributed by atoms with Crippen molar-refractivity contribution in [3.05, 3.63) is 68.2 Å². The predicted octanol–water partition coefficient (Wildman–Crippen LogP) is 3.71. The highest BCUT2D eigenvalue weighted by Gasteiger charge is 2.20. The van der Waals surface area contributed by atoms with Crippen molar-refractivity contribution >= 4 is 34.7 Å². The number of hydrogen-bond donors (Lipinski definition) is 0. The number of benzene rings is 2. The highest BCUT2D eigenvalue weighted by atomic mass is 35.5. The maximum atomic E-state index is 11.6. The molecule has 0 N–H and O–H groups in total. The van der Waals surface area contributed by atoms with Crippen LogP contribution < -0.4 is 0 Å². The molecule has 1 heterocycles. The van der Waals surface area contributed by atoms with Crippen LogP contribution >= 0.6 is 11.6 Å². The molecule has 0 fully saturated rings. The van der Waals surface area contributed by atoms with E-state index in [-0.39, 0.29) is 10.7 Å². The number of methoxy groups -OCH3 is 1. The number of carbonyl (C=O) groups excluding carboxylic acids is 1. The number of ether oxygens (including phenoxy) is 1. The molecule has 0 bridgehead atoms. The van der Waals surface area contributed by atoms with E-state index >= 15 is 0 Å². The normalized spacial score (nSPS) is 12.5. The Labute approximate surface area is 136 Å². The highest BCUT2D eigenvalue weighted by Crippen LogP contribution is 2.32. The Hall–Kier alpha value is -2.73. The van der Waals surface area contributed by atoms with Gasteiger partial charge in [0.15, 0.2) is 0 Å². The predicted molar refractivity (Wildman–Crippen MR) is 85.8 cm³/mol. The molecule has 2 aromatic carbocycles. The van der Waals surface area contributed by atoms with Gasteiger partial charge in [-0.25, -0.2) is 4.79 Å². The van der Waals surface area contributed by atoms with Crippen molar-refractivity contribution in [1.82, 2.24) is 0 Å². The van der Waals surface area contributed by atoms with Crippen LogP contribution in [0.2, 0.25) is 5.02 Å². The van der Waals surface area contributed by atoms with Gasteiger partial charge in [0.2, 0.25) is 0 Å². The fourth-order valence-electron chi connectivity index (χ4n) is 2.45. The zero-order chi connectivity index (χ0) is 16.6. The minimum Gasteiger partial charge on any atom is -0.465 e. The summed E-state index contributed by atoms with van der Waals surface area (Å²) in [5.74, 6) is -0.403. The quantitative estimate of drug-likeness (QED) is 0.488. The molecule has 0 unspecified atom stereocenters. The number of halogens is 1. The van der Waals surface area contributed by atoms with Crippen molar-refractivity contribution in [2.24, 2.45) is 4.99 Å². The molecule has 7 heteroatoms. The van der Waals surface area contributed by atoms with Crippen LogP contribution in [0.1, 0.15) is 21.5 Å². The molecule has 0 aromatic heterocycles. The van der Waals surface area contributed by atoms with Crippen LogP contribution in [0.3, 0.4) is 0 Å². The Morgan fingerprint density at radius 1 is 1.30 bits per heavy atom. The van der Waals surface area contributed by atoms with E-state index in [2.05, 4.69) is 4.99 Å². The first-order chi connectivity index (χ1) is 11.0. The molecule has 0 atom stereocenters. The summed E-state index contributed by atoms with van der Waals surface area (Å²) in [5.41, 5.74) is 3.46. The van der Waals surface area contributed by atoms with Gasteiger partial charge >= 0.3 is 5.97 Å². The summed E-state index contributed by atoms with van der Waals surface area (Å²) < 4.78 is 4.70. The molecule has 6 nitrogen and oxygen atoms in total. The van der Waals surface area contributed by atoms with Crippen LogP contribution in [0, 0.1) is 10.1 Å². The van der Waals surface area contributed by atoms with Gasteiger partial charge in [-0.15, -0.1) is 0 Å². The molecular weight excluding hydrogens is 320 g/mol. The van der Waals surface area contributed by atoms with Crippen LogP contribution in [-0.2, 0) is 11.2 Å². The van der Waals surface area contributed by atoms with Crippen molar-refractivity contribution in [2.75, 3.05) is 7.11 Å². The summed E-state index contributed by atoms with van der Waals surface area (Å²) in [4.78, 5) is 26.4. The Morgan fingerprint density at radius 3 is 2.74 bits per heavy atom. The third-order valence-corrected chi connectivity index (χ3v) is 3.89. The zero-order valence-corrected chi connectivity index (χ0v) is 12.8. The van der Waals surface area contributed by atoms with E-state index in [0.29, 0.717) is 12.0 Å². The van der Waals surface area contributed by atoms with Gasteiger partial charge in [-0.1, -0.05) is 11.6 Å². The zero-order valence-electron chi connectivity index (χ0n) is 12.1. The second kappa shape index (κ2) is 5.81. The first-order valence-corrected chi connectivity index (χ1v) is 7.10. The average Bonchev–Trinajstić information content (AvgIpc) is 2.96. The first-order valence-electron chi connectivity index (χ1n) is 6.72. The van der Waals surface area contributed by atoms with Gasteiger partial charge < -0.3 is 4.74 Å². The molecule has 3 rings (SSSR count). The second-order valence-electron chi connectivity index (χ2n) is 4.99. The Morgan fingerprint density at radius 2 is 2.09 bits per heavy atom. The molecular formula is C16H11ClN2O4. The van der Waals surface area contributed by atoms with Gasteiger partial charge in [-0.05, 0) is 41.5 Å². The van der Waals surface area contributed by atoms with Crippen LogP contribution in [0.25, 0.3) is 0 Å². The lowest BCUT2D eigenvalue weighted by molar-refractivity contribution is -0.384.